The van der Waals surface area contributed by atoms with Crippen LogP contribution in [0.25, 0.3) is 0 Å². The lowest BCUT2D eigenvalue weighted by molar-refractivity contribution is -0.161. The first kappa shape index (κ1) is 54.2. The van der Waals surface area contributed by atoms with Crippen LogP contribution < -0.4 is 5.73 Å². The van der Waals surface area contributed by atoms with Gasteiger partial charge < -0.3 is 25.2 Å². The van der Waals surface area contributed by atoms with E-state index in [0.717, 1.165) is 51.4 Å². The maximum Gasteiger partial charge on any atom is 0.472 e. The Hall–Kier alpha value is -2.82. The molecule has 0 saturated carbocycles. The third-order valence-corrected chi connectivity index (χ3v) is 9.98. The normalized spacial score (nSPS) is 14.3. The zero-order valence-corrected chi connectivity index (χ0v) is 36.3. The van der Waals surface area contributed by atoms with Crippen molar-refractivity contribution in [2.75, 3.05) is 19.8 Å². The van der Waals surface area contributed by atoms with Gasteiger partial charge in [0.1, 0.15) is 12.6 Å². The van der Waals surface area contributed by atoms with Crippen molar-refractivity contribution in [3.05, 3.63) is 60.8 Å². The maximum atomic E-state index is 12.6. The second kappa shape index (κ2) is 40.0. The lowest BCUT2D eigenvalue weighted by Crippen LogP contribution is -2.34. The molecule has 57 heavy (non-hydrogen) atoms. The van der Waals surface area contributed by atoms with Crippen LogP contribution in [0.2, 0.25) is 0 Å². The summed E-state index contributed by atoms with van der Waals surface area (Å²) in [5, 5.41) is 8.89. The van der Waals surface area contributed by atoms with Gasteiger partial charge >= 0.3 is 25.7 Å². The molecule has 0 heterocycles. The standard InChI is InChI=1S/C45H78NO10P/c1-3-5-7-9-11-13-15-17-19-21-23-24-26-28-30-32-34-36-43(47)53-38-41(39-54-57(51,52)55-40-42(46)45(49)50)56-44(48)37-35-33-31-29-27-25-22-20-18-16-14-12-10-8-6-4-2/h5,7,11,13,17,19,23-24,28,30,41-42H,3-4,6,8-10,12,14-16,18,20-22,25-27,29,31-40,46H2,1-2H3,(H,49,50)(H,51,52)/b7-5+,13-11+,19-17+,24-23+,30-28+/t41-,42+/m1/s1. The molecule has 0 aromatic rings. The smallest absolute Gasteiger partial charge is 0.472 e. The molecule has 4 N–H and O–H groups in total. The lowest BCUT2D eigenvalue weighted by Gasteiger charge is -2.20. The van der Waals surface area contributed by atoms with Gasteiger partial charge in [0.05, 0.1) is 13.2 Å². The van der Waals surface area contributed by atoms with Crippen molar-refractivity contribution in [3.8, 4) is 0 Å². The molecule has 3 atom stereocenters. The summed E-state index contributed by atoms with van der Waals surface area (Å²) in [5.74, 6) is -2.45. The van der Waals surface area contributed by atoms with Crippen LogP contribution in [-0.4, -0.2) is 59.9 Å². The molecule has 0 aliphatic carbocycles. The number of unbranched alkanes of at least 4 members (excludes halogenated alkanes) is 16. The van der Waals surface area contributed by atoms with Crippen molar-refractivity contribution >= 4 is 25.7 Å². The van der Waals surface area contributed by atoms with Gasteiger partial charge in [-0.25, -0.2) is 4.57 Å². The third kappa shape index (κ3) is 39.8. The molecule has 0 bridgehead atoms. The van der Waals surface area contributed by atoms with Gasteiger partial charge in [0.25, 0.3) is 0 Å². The molecule has 0 amide bonds. The molecule has 0 rings (SSSR count). The molecule has 328 valence electrons. The number of hydrogen-bond acceptors (Lipinski definition) is 9. The summed E-state index contributed by atoms with van der Waals surface area (Å²) in [6.07, 6.45) is 45.8. The van der Waals surface area contributed by atoms with Crippen LogP contribution in [0.15, 0.2) is 60.8 Å². The second-order valence-corrected chi connectivity index (χ2v) is 15.9. The SMILES string of the molecule is CC/C=C/C/C=C/C/C=C/C/C=C/C/C=C/CCCC(=O)OC[C@H](COP(=O)(O)OC[C@H](N)C(=O)O)OC(=O)CCCCCCCCCCCCCCCCCC. The van der Waals surface area contributed by atoms with Crippen LogP contribution in [-0.2, 0) is 37.5 Å². The molecule has 0 aromatic heterocycles. The number of aliphatic carboxylic acids is 1. The summed E-state index contributed by atoms with van der Waals surface area (Å²) in [6, 6.07) is -1.53. The largest absolute Gasteiger partial charge is 0.480 e. The van der Waals surface area contributed by atoms with E-state index in [1.165, 1.54) is 77.0 Å². The first-order valence-corrected chi connectivity index (χ1v) is 23.3. The first-order chi connectivity index (χ1) is 27.6. The van der Waals surface area contributed by atoms with E-state index in [1.54, 1.807) is 0 Å². The Morgan fingerprint density at radius 3 is 1.46 bits per heavy atom. The van der Waals surface area contributed by atoms with E-state index < -0.39 is 51.1 Å². The Morgan fingerprint density at radius 2 is 0.982 bits per heavy atom. The third-order valence-electron chi connectivity index (χ3n) is 9.03. The molecule has 12 heteroatoms. The molecular weight excluding hydrogens is 745 g/mol. The molecule has 11 nitrogen and oxygen atoms in total. The second-order valence-electron chi connectivity index (χ2n) is 14.5. The Balaban J connectivity index is 4.45. The van der Waals surface area contributed by atoms with Crippen LogP contribution in [0.4, 0.5) is 0 Å². The number of carbonyl (C=O) groups is 3. The molecule has 0 spiro atoms. The summed E-state index contributed by atoms with van der Waals surface area (Å²) < 4.78 is 32.6. The van der Waals surface area contributed by atoms with Crippen LogP contribution in [0.5, 0.6) is 0 Å². The van der Waals surface area contributed by atoms with Gasteiger partial charge in [-0.05, 0) is 51.4 Å². The predicted octanol–water partition coefficient (Wildman–Crippen LogP) is 11.6. The van der Waals surface area contributed by atoms with E-state index in [-0.39, 0.29) is 19.4 Å². The summed E-state index contributed by atoms with van der Waals surface area (Å²) in [4.78, 5) is 45.9. The van der Waals surface area contributed by atoms with Crippen molar-refractivity contribution < 1.29 is 47.5 Å². The van der Waals surface area contributed by atoms with Gasteiger partial charge in [0, 0.05) is 12.8 Å². The number of hydrogen-bond donors (Lipinski definition) is 3. The van der Waals surface area contributed by atoms with Crippen molar-refractivity contribution in [3.63, 3.8) is 0 Å². The number of ether oxygens (including phenoxy) is 2. The Morgan fingerprint density at radius 1 is 0.561 bits per heavy atom. The van der Waals surface area contributed by atoms with Crippen LogP contribution in [0.3, 0.4) is 0 Å². The van der Waals surface area contributed by atoms with E-state index in [9.17, 15) is 23.8 Å². The Bertz CT molecular complexity index is 1200. The first-order valence-electron chi connectivity index (χ1n) is 21.8. The monoisotopic (exact) mass is 824 g/mol. The molecule has 0 aromatic carbocycles. The van der Waals surface area contributed by atoms with Gasteiger partial charge in [0.2, 0.25) is 0 Å². The number of carbonyl (C=O) groups excluding carboxylic acids is 2. The average Bonchev–Trinajstić information content (AvgIpc) is 3.19. The minimum Gasteiger partial charge on any atom is -0.480 e. The van der Waals surface area contributed by atoms with E-state index in [4.69, 9.17) is 24.8 Å². The minimum atomic E-state index is -4.73. The van der Waals surface area contributed by atoms with Gasteiger partial charge in [-0.15, -0.1) is 0 Å². The summed E-state index contributed by atoms with van der Waals surface area (Å²) >= 11 is 0. The maximum absolute atomic E-state index is 12.6. The number of phosphoric acid groups is 1. The highest BCUT2D eigenvalue weighted by atomic mass is 31.2. The lowest BCUT2D eigenvalue weighted by atomic mass is 10.0. The number of nitrogens with two attached hydrogens (primary N) is 1. The van der Waals surface area contributed by atoms with E-state index >= 15 is 0 Å². The van der Waals surface area contributed by atoms with Gasteiger partial charge in [-0.3, -0.25) is 23.4 Å². The molecular formula is C45H78NO10P. The van der Waals surface area contributed by atoms with Crippen LogP contribution >= 0.6 is 7.82 Å². The molecule has 0 saturated heterocycles. The molecule has 0 fully saturated rings. The van der Waals surface area contributed by atoms with E-state index in [2.05, 4.69) is 67.0 Å². The summed E-state index contributed by atoms with van der Waals surface area (Å²) in [7, 11) is -4.73. The van der Waals surface area contributed by atoms with Gasteiger partial charge in [0.15, 0.2) is 6.10 Å². The number of rotatable bonds is 40. The molecule has 1 unspecified atom stereocenters. The highest BCUT2D eigenvalue weighted by Gasteiger charge is 2.28. The fourth-order valence-electron chi connectivity index (χ4n) is 5.63. The Labute approximate surface area is 345 Å². The highest BCUT2D eigenvalue weighted by molar-refractivity contribution is 7.47. The number of esters is 2. The quantitative estimate of drug-likeness (QED) is 0.0232. The predicted molar refractivity (Wildman–Crippen MR) is 231 cm³/mol. The number of allylic oxidation sites excluding steroid dienone is 10. The van der Waals surface area contributed by atoms with Gasteiger partial charge in [-0.2, -0.15) is 0 Å². The topological polar surface area (TPSA) is 172 Å². The average molecular weight is 824 g/mol. The van der Waals surface area contributed by atoms with Crippen LogP contribution in [0, 0.1) is 0 Å². The number of phosphoric ester groups is 1. The van der Waals surface area contributed by atoms with Crippen molar-refractivity contribution in [1.82, 2.24) is 0 Å². The fourth-order valence-corrected chi connectivity index (χ4v) is 6.41. The van der Waals surface area contributed by atoms with E-state index in [1.807, 2.05) is 12.2 Å². The zero-order chi connectivity index (χ0) is 42.1. The zero-order valence-electron chi connectivity index (χ0n) is 35.4. The Kier molecular flexibility index (Phi) is 38.0. The fraction of sp³-hybridized carbons (Fsp3) is 0.711. The van der Waals surface area contributed by atoms with E-state index in [0.29, 0.717) is 19.3 Å². The molecule has 0 radical (unpaired) electrons. The van der Waals surface area contributed by atoms with Crippen molar-refractivity contribution in [2.24, 2.45) is 5.73 Å². The molecule has 0 aliphatic rings. The summed E-state index contributed by atoms with van der Waals surface area (Å²) in [6.45, 7) is 2.63. The summed E-state index contributed by atoms with van der Waals surface area (Å²) in [5.41, 5.74) is 5.33. The number of carboxylic acid groups (broad SMARTS) is 1. The van der Waals surface area contributed by atoms with Crippen LogP contribution in [0.1, 0.15) is 174 Å². The van der Waals surface area contributed by atoms with Crippen molar-refractivity contribution in [1.29, 1.82) is 0 Å². The molecule has 0 aliphatic heterocycles. The van der Waals surface area contributed by atoms with Gasteiger partial charge in [-0.1, -0.05) is 171 Å². The highest BCUT2D eigenvalue weighted by Crippen LogP contribution is 2.43. The van der Waals surface area contributed by atoms with Crippen molar-refractivity contribution in [2.45, 2.75) is 187 Å². The number of carboxylic acids is 1. The minimum absolute atomic E-state index is 0.143.